The molecule has 1 atom stereocenters. The summed E-state index contributed by atoms with van der Waals surface area (Å²) in [6, 6.07) is 3.87. The summed E-state index contributed by atoms with van der Waals surface area (Å²) in [6.45, 7) is 1.43. The molecule has 0 aliphatic rings. The van der Waals surface area contributed by atoms with E-state index in [1.807, 2.05) is 38.2 Å². The number of hydrogen-bond donors (Lipinski definition) is 2. The number of rotatable bonds is 8. The second-order valence-corrected chi connectivity index (χ2v) is 4.51. The van der Waals surface area contributed by atoms with Gasteiger partial charge in [-0.1, -0.05) is 0 Å². The molecule has 1 heterocycles. The SMILES string of the molecule is CNCCCC(=O)NCC(c1ccco1)N(C)C. The smallest absolute Gasteiger partial charge is 0.220 e. The molecule has 0 fully saturated rings. The Morgan fingerprint density at radius 2 is 2.28 bits per heavy atom. The van der Waals surface area contributed by atoms with E-state index in [1.165, 1.54) is 0 Å². The van der Waals surface area contributed by atoms with Gasteiger partial charge in [0.05, 0.1) is 12.3 Å². The molecule has 5 nitrogen and oxygen atoms in total. The molecule has 0 aliphatic heterocycles. The fourth-order valence-electron chi connectivity index (χ4n) is 1.74. The minimum atomic E-state index is 0.0771. The van der Waals surface area contributed by atoms with Gasteiger partial charge in [0.25, 0.3) is 0 Å². The van der Waals surface area contributed by atoms with Crippen LogP contribution in [-0.4, -0.2) is 45.0 Å². The standard InChI is InChI=1S/C13H23N3O2/c1-14-8-4-7-13(17)15-10-11(16(2)3)12-6-5-9-18-12/h5-6,9,11,14H,4,7-8,10H2,1-3H3,(H,15,17). The summed E-state index contributed by atoms with van der Waals surface area (Å²) in [4.78, 5) is 13.7. The first kappa shape index (κ1) is 14.7. The van der Waals surface area contributed by atoms with Gasteiger partial charge in [0.2, 0.25) is 5.91 Å². The third-order valence-electron chi connectivity index (χ3n) is 2.82. The van der Waals surface area contributed by atoms with Gasteiger partial charge in [-0.25, -0.2) is 0 Å². The molecule has 0 aliphatic carbocycles. The Hall–Kier alpha value is -1.33. The first-order valence-corrected chi connectivity index (χ1v) is 6.26. The van der Waals surface area contributed by atoms with Crippen LogP contribution in [0.15, 0.2) is 22.8 Å². The molecule has 0 bridgehead atoms. The maximum absolute atomic E-state index is 11.6. The summed E-state index contributed by atoms with van der Waals surface area (Å²) in [6.07, 6.45) is 3.06. The van der Waals surface area contributed by atoms with Crippen LogP contribution in [0.5, 0.6) is 0 Å². The number of nitrogens with one attached hydrogen (secondary N) is 2. The molecule has 0 saturated heterocycles. The third kappa shape index (κ3) is 4.89. The number of likely N-dealkylation sites (N-methyl/N-ethyl adjacent to an activating group) is 1. The normalized spacial score (nSPS) is 12.7. The molecule has 0 aromatic carbocycles. The topological polar surface area (TPSA) is 57.5 Å². The highest BCUT2D eigenvalue weighted by molar-refractivity contribution is 5.75. The number of furan rings is 1. The average molecular weight is 253 g/mol. The van der Waals surface area contributed by atoms with Crippen molar-refractivity contribution in [1.82, 2.24) is 15.5 Å². The zero-order chi connectivity index (χ0) is 13.4. The molecule has 1 unspecified atom stereocenters. The Balaban J connectivity index is 2.37. The molecule has 0 saturated carbocycles. The van der Waals surface area contributed by atoms with Crippen LogP contribution in [0.3, 0.4) is 0 Å². The molecule has 18 heavy (non-hydrogen) atoms. The van der Waals surface area contributed by atoms with E-state index in [-0.39, 0.29) is 11.9 Å². The number of carbonyl (C=O) groups is 1. The van der Waals surface area contributed by atoms with Crippen LogP contribution in [0.1, 0.15) is 24.6 Å². The molecule has 1 rings (SSSR count). The zero-order valence-electron chi connectivity index (χ0n) is 11.4. The Morgan fingerprint density at radius 3 is 2.83 bits per heavy atom. The van der Waals surface area contributed by atoms with Crippen molar-refractivity contribution in [3.05, 3.63) is 24.2 Å². The summed E-state index contributed by atoms with van der Waals surface area (Å²) in [5.74, 6) is 0.958. The molecule has 1 aromatic heterocycles. The molecule has 5 heteroatoms. The third-order valence-corrected chi connectivity index (χ3v) is 2.82. The minimum absolute atomic E-state index is 0.0771. The molecule has 0 radical (unpaired) electrons. The average Bonchev–Trinajstić information content (AvgIpc) is 2.83. The van der Waals surface area contributed by atoms with E-state index in [0.717, 1.165) is 18.7 Å². The Labute approximate surface area is 109 Å². The highest BCUT2D eigenvalue weighted by atomic mass is 16.3. The van der Waals surface area contributed by atoms with Crippen molar-refractivity contribution in [2.75, 3.05) is 34.2 Å². The van der Waals surface area contributed by atoms with Crippen molar-refractivity contribution in [2.45, 2.75) is 18.9 Å². The summed E-state index contributed by atoms with van der Waals surface area (Å²) in [5, 5.41) is 5.97. The predicted octanol–water partition coefficient (Wildman–Crippen LogP) is 0.998. The maximum Gasteiger partial charge on any atom is 0.220 e. The van der Waals surface area contributed by atoms with Gasteiger partial charge in [0.1, 0.15) is 5.76 Å². The first-order chi connectivity index (χ1) is 8.65. The van der Waals surface area contributed by atoms with E-state index in [4.69, 9.17) is 4.42 Å². The van der Waals surface area contributed by atoms with Crippen LogP contribution in [0.2, 0.25) is 0 Å². The van der Waals surface area contributed by atoms with E-state index in [9.17, 15) is 4.79 Å². The molecule has 1 amide bonds. The van der Waals surface area contributed by atoms with Crippen molar-refractivity contribution in [3.8, 4) is 0 Å². The van der Waals surface area contributed by atoms with Crippen LogP contribution < -0.4 is 10.6 Å². The largest absolute Gasteiger partial charge is 0.468 e. The summed E-state index contributed by atoms with van der Waals surface area (Å²) < 4.78 is 5.38. The fourth-order valence-corrected chi connectivity index (χ4v) is 1.74. The molecular weight excluding hydrogens is 230 g/mol. The van der Waals surface area contributed by atoms with Gasteiger partial charge < -0.3 is 15.1 Å². The van der Waals surface area contributed by atoms with E-state index in [0.29, 0.717) is 13.0 Å². The second kappa shape index (κ2) is 7.89. The maximum atomic E-state index is 11.6. The van der Waals surface area contributed by atoms with Crippen LogP contribution in [-0.2, 0) is 4.79 Å². The minimum Gasteiger partial charge on any atom is -0.468 e. The van der Waals surface area contributed by atoms with Crippen molar-refractivity contribution in [3.63, 3.8) is 0 Å². The van der Waals surface area contributed by atoms with Gasteiger partial charge in [0.15, 0.2) is 0 Å². The van der Waals surface area contributed by atoms with Gasteiger partial charge in [-0.15, -0.1) is 0 Å². The van der Waals surface area contributed by atoms with Gasteiger partial charge in [-0.3, -0.25) is 9.69 Å². The lowest BCUT2D eigenvalue weighted by Crippen LogP contribution is -2.34. The highest BCUT2D eigenvalue weighted by Crippen LogP contribution is 2.17. The van der Waals surface area contributed by atoms with Crippen LogP contribution in [0, 0.1) is 0 Å². The Bertz CT molecular complexity index is 336. The molecular formula is C13H23N3O2. The van der Waals surface area contributed by atoms with E-state index in [2.05, 4.69) is 10.6 Å². The zero-order valence-corrected chi connectivity index (χ0v) is 11.4. The van der Waals surface area contributed by atoms with Gasteiger partial charge in [-0.2, -0.15) is 0 Å². The number of hydrogen-bond acceptors (Lipinski definition) is 4. The Kier molecular flexibility index (Phi) is 6.46. The van der Waals surface area contributed by atoms with E-state index >= 15 is 0 Å². The van der Waals surface area contributed by atoms with Crippen LogP contribution in [0.25, 0.3) is 0 Å². The second-order valence-electron chi connectivity index (χ2n) is 4.51. The fraction of sp³-hybridized carbons (Fsp3) is 0.615. The molecule has 2 N–H and O–H groups in total. The van der Waals surface area contributed by atoms with Crippen molar-refractivity contribution < 1.29 is 9.21 Å². The lowest BCUT2D eigenvalue weighted by Gasteiger charge is -2.22. The number of nitrogens with zero attached hydrogens (tertiary/aromatic N) is 1. The Morgan fingerprint density at radius 1 is 1.50 bits per heavy atom. The van der Waals surface area contributed by atoms with Gasteiger partial charge in [-0.05, 0) is 46.2 Å². The first-order valence-electron chi connectivity index (χ1n) is 6.26. The summed E-state index contributed by atoms with van der Waals surface area (Å²) >= 11 is 0. The monoisotopic (exact) mass is 253 g/mol. The van der Waals surface area contributed by atoms with Crippen molar-refractivity contribution in [1.29, 1.82) is 0 Å². The van der Waals surface area contributed by atoms with Gasteiger partial charge >= 0.3 is 0 Å². The van der Waals surface area contributed by atoms with Crippen molar-refractivity contribution in [2.24, 2.45) is 0 Å². The summed E-state index contributed by atoms with van der Waals surface area (Å²) in [7, 11) is 5.83. The lowest BCUT2D eigenvalue weighted by molar-refractivity contribution is -0.121. The van der Waals surface area contributed by atoms with E-state index < -0.39 is 0 Å². The number of amides is 1. The predicted molar refractivity (Wildman–Crippen MR) is 71.3 cm³/mol. The molecule has 0 spiro atoms. The molecule has 102 valence electrons. The van der Waals surface area contributed by atoms with E-state index in [1.54, 1.807) is 6.26 Å². The summed E-state index contributed by atoms with van der Waals surface area (Å²) in [5.41, 5.74) is 0. The molecule has 1 aromatic rings. The van der Waals surface area contributed by atoms with Gasteiger partial charge in [0, 0.05) is 13.0 Å². The van der Waals surface area contributed by atoms with Crippen LogP contribution in [0.4, 0.5) is 0 Å². The quantitative estimate of drug-likeness (QED) is 0.679. The van der Waals surface area contributed by atoms with Crippen molar-refractivity contribution >= 4 is 5.91 Å². The van der Waals surface area contributed by atoms with Crippen LogP contribution >= 0.6 is 0 Å². The highest BCUT2D eigenvalue weighted by Gasteiger charge is 2.17. The lowest BCUT2D eigenvalue weighted by atomic mass is 10.2. The number of carbonyl (C=O) groups excluding carboxylic acids is 1.